The molecule has 1 aromatic rings. The maximum absolute atomic E-state index is 8.49. The summed E-state index contributed by atoms with van der Waals surface area (Å²) in [5.41, 5.74) is 7.06. The second-order valence-electron chi connectivity index (χ2n) is 10.7. The highest BCUT2D eigenvalue weighted by molar-refractivity contribution is 5.76. The van der Waals surface area contributed by atoms with Crippen molar-refractivity contribution in [3.05, 3.63) is 64.5 Å². The molecule has 0 bridgehead atoms. The molecule has 0 saturated carbocycles. The summed E-state index contributed by atoms with van der Waals surface area (Å²) in [5, 5.41) is 1.26. The number of aryl methyl sites for hydroxylation is 1. The second kappa shape index (κ2) is 16.3. The summed E-state index contributed by atoms with van der Waals surface area (Å²) in [7, 11) is -4.94. The third-order valence-electron chi connectivity index (χ3n) is 7.96. The molecule has 0 amide bonds. The molecule has 0 aromatic heterocycles. The average molecular weight is 572 g/mol. The molecule has 6 nitrogen and oxygen atoms in total. The van der Waals surface area contributed by atoms with Crippen molar-refractivity contribution in [2.45, 2.75) is 104 Å². The van der Waals surface area contributed by atoms with E-state index in [0.717, 1.165) is 37.5 Å². The number of nitrogens with zero attached hydrogens (tertiary/aromatic N) is 1. The first-order valence-electron chi connectivity index (χ1n) is 15.1. The molecule has 0 atom stereocenters. The van der Waals surface area contributed by atoms with Crippen molar-refractivity contribution in [1.82, 2.24) is 4.58 Å². The van der Waals surface area contributed by atoms with Crippen molar-refractivity contribution in [2.24, 2.45) is 0 Å². The molecular weight excluding hydrogens is 526 g/mol. The van der Waals surface area contributed by atoms with Crippen LogP contribution in [0.5, 0.6) is 0 Å². The summed E-state index contributed by atoms with van der Waals surface area (Å²) < 4.78 is 43.1. The van der Waals surface area contributed by atoms with Crippen molar-refractivity contribution < 1.29 is 33.3 Å². The third kappa shape index (κ3) is 9.71. The van der Waals surface area contributed by atoms with Gasteiger partial charge in [-0.25, -0.2) is 23.2 Å². The Bertz CT molecular complexity index is 1220. The molecule has 4 rings (SSSR count). The van der Waals surface area contributed by atoms with Gasteiger partial charge in [-0.15, -0.1) is 10.2 Å². The lowest BCUT2D eigenvalue weighted by molar-refractivity contribution is -2.00. The van der Waals surface area contributed by atoms with E-state index >= 15 is 0 Å². The Balaban J connectivity index is 0.000000810. The van der Waals surface area contributed by atoms with Crippen LogP contribution in [0.4, 0.5) is 0 Å². The minimum Gasteiger partial charge on any atom is -0.456 e. The lowest BCUT2D eigenvalue weighted by atomic mass is 9.83. The molecule has 0 unspecified atom stereocenters. The third-order valence-corrected chi connectivity index (χ3v) is 7.96. The molecule has 0 fully saturated rings. The number of unbranched alkanes of at least 4 members (excludes halogenated alkanes) is 9. The van der Waals surface area contributed by atoms with Crippen LogP contribution in [0.25, 0.3) is 22.6 Å². The van der Waals surface area contributed by atoms with Gasteiger partial charge >= 0.3 is 0 Å². The van der Waals surface area contributed by atoms with E-state index < -0.39 is 10.2 Å². The van der Waals surface area contributed by atoms with Crippen LogP contribution in [0.3, 0.4) is 0 Å². The van der Waals surface area contributed by atoms with Crippen LogP contribution in [0.1, 0.15) is 102 Å². The number of fused-ring (bicyclic) bond motifs is 4. The molecule has 1 aliphatic heterocycles. The molecule has 220 valence electrons. The first-order chi connectivity index (χ1) is 19.3. The van der Waals surface area contributed by atoms with Gasteiger partial charge in [-0.2, -0.15) is 0 Å². The Morgan fingerprint density at radius 2 is 1.32 bits per heavy atom. The van der Waals surface area contributed by atoms with Crippen molar-refractivity contribution in [3.8, 4) is 22.6 Å². The summed E-state index contributed by atoms with van der Waals surface area (Å²) in [6.45, 7) is 8.78. The first kappa shape index (κ1) is 32.3. The van der Waals surface area contributed by atoms with Crippen molar-refractivity contribution in [2.75, 3.05) is 13.1 Å². The Hall–Kier alpha value is -2.22. The average Bonchev–Trinajstić information content (AvgIpc) is 2.93. The molecule has 0 N–H and O–H groups in total. The highest BCUT2D eigenvalue weighted by atomic mass is 35.7. The number of hydrogen-bond donors (Lipinski definition) is 0. The van der Waals surface area contributed by atoms with E-state index in [2.05, 4.69) is 67.8 Å². The highest BCUT2D eigenvalue weighted by Crippen LogP contribution is 2.41. The van der Waals surface area contributed by atoms with E-state index in [1.165, 1.54) is 98.2 Å². The van der Waals surface area contributed by atoms with E-state index in [1.807, 2.05) is 0 Å². The number of halogens is 1. The van der Waals surface area contributed by atoms with Crippen LogP contribution in [-0.4, -0.2) is 13.1 Å². The van der Waals surface area contributed by atoms with Gasteiger partial charge in [0, 0.05) is 17.2 Å². The summed E-state index contributed by atoms with van der Waals surface area (Å²) in [4.78, 5) is 0. The van der Waals surface area contributed by atoms with Gasteiger partial charge in [-0.1, -0.05) is 89.0 Å². The van der Waals surface area contributed by atoms with Crippen LogP contribution in [0, 0.1) is 10.2 Å². The van der Waals surface area contributed by atoms with Gasteiger partial charge in [0.2, 0.25) is 5.36 Å². The summed E-state index contributed by atoms with van der Waals surface area (Å²) >= 11 is 0. The zero-order chi connectivity index (χ0) is 29.0. The lowest BCUT2D eigenvalue weighted by Crippen LogP contribution is -2.68. The van der Waals surface area contributed by atoms with Crippen molar-refractivity contribution in [1.29, 1.82) is 0 Å². The summed E-state index contributed by atoms with van der Waals surface area (Å²) in [6, 6.07) is 15.8. The van der Waals surface area contributed by atoms with Gasteiger partial charge in [0.05, 0.1) is 6.07 Å². The smallest absolute Gasteiger partial charge is 0.203 e. The lowest BCUT2D eigenvalue weighted by Gasteiger charge is -2.25. The monoisotopic (exact) mass is 571 g/mol. The van der Waals surface area contributed by atoms with Crippen LogP contribution in [-0.2, 0) is 19.3 Å². The quantitative estimate of drug-likeness (QED) is 0.230. The summed E-state index contributed by atoms with van der Waals surface area (Å²) in [5.74, 6) is 2.17. The van der Waals surface area contributed by atoms with Gasteiger partial charge in [0.1, 0.15) is 24.6 Å². The SMILES string of the molecule is CCCCCCCCCCCCc1c2ccc(=[N+](CC)CC)cc-2oc2c1CCc1ccccc1-2.[O-][Cl+3]([O-])([O-])[O-]. The van der Waals surface area contributed by atoms with E-state index in [-0.39, 0.29) is 0 Å². The molecule has 0 saturated heterocycles. The zero-order valence-corrected chi connectivity index (χ0v) is 25.3. The molecule has 1 heterocycles. The van der Waals surface area contributed by atoms with Gasteiger partial charge in [0.25, 0.3) is 0 Å². The molecular formula is C33H46ClNO5. The number of hydrogen-bond acceptors (Lipinski definition) is 5. The van der Waals surface area contributed by atoms with E-state index in [0.29, 0.717) is 0 Å². The first-order valence-corrected chi connectivity index (χ1v) is 16.4. The Morgan fingerprint density at radius 3 is 1.95 bits per heavy atom. The molecule has 40 heavy (non-hydrogen) atoms. The Kier molecular flexibility index (Phi) is 13.1. The maximum Gasteiger partial charge on any atom is 0.203 e. The predicted molar refractivity (Wildman–Crippen MR) is 150 cm³/mol. The van der Waals surface area contributed by atoms with Crippen LogP contribution in [0.15, 0.2) is 46.9 Å². The van der Waals surface area contributed by atoms with E-state index in [1.54, 1.807) is 5.56 Å². The Labute approximate surface area is 242 Å². The minimum absolute atomic E-state index is 1.02. The van der Waals surface area contributed by atoms with Crippen molar-refractivity contribution in [3.63, 3.8) is 0 Å². The van der Waals surface area contributed by atoms with Crippen LogP contribution >= 0.6 is 0 Å². The molecule has 3 aliphatic rings. The van der Waals surface area contributed by atoms with Crippen LogP contribution < -0.4 is 28.6 Å². The number of benzene rings is 2. The van der Waals surface area contributed by atoms with E-state index in [4.69, 9.17) is 23.1 Å². The summed E-state index contributed by atoms with van der Waals surface area (Å²) in [6.07, 6.45) is 17.2. The zero-order valence-electron chi connectivity index (χ0n) is 24.5. The van der Waals surface area contributed by atoms with E-state index in [9.17, 15) is 0 Å². The Morgan fingerprint density at radius 1 is 0.725 bits per heavy atom. The predicted octanol–water partition coefficient (Wildman–Crippen LogP) is 3.67. The standard InChI is InChI=1S/C33H46NO.ClHO4/c1-4-7-8-9-10-11-12-13-14-15-20-29-30-24-22-27(34(5-2)6-3)25-32(30)35-33-28-19-17-16-18-26(28)21-23-31(29)33;2-1(3,4)5/h16-19,22,24-25H,4-15,20-21,23H2,1-3H3;(H,2,3,4,5)/q+1;/p-1. The molecule has 0 spiro atoms. The normalized spacial score (nSPS) is 12.5. The fraction of sp³-hybridized carbons (Fsp3) is 0.545. The fourth-order valence-corrected chi connectivity index (χ4v) is 5.88. The van der Waals surface area contributed by atoms with Gasteiger partial charge in [0.15, 0.2) is 0 Å². The molecule has 0 radical (unpaired) electrons. The van der Waals surface area contributed by atoms with Crippen molar-refractivity contribution >= 4 is 0 Å². The van der Waals surface area contributed by atoms with Gasteiger partial charge < -0.3 is 4.42 Å². The molecule has 1 aromatic carbocycles. The topological polar surface area (TPSA) is 108 Å². The number of rotatable bonds is 13. The molecule has 7 heteroatoms. The minimum atomic E-state index is -4.94. The fourth-order valence-electron chi connectivity index (χ4n) is 5.88. The second-order valence-corrected chi connectivity index (χ2v) is 11.5. The molecule has 2 aliphatic carbocycles. The van der Waals surface area contributed by atoms with Gasteiger partial charge in [-0.05, 0) is 62.3 Å². The highest BCUT2D eigenvalue weighted by Gasteiger charge is 2.25. The van der Waals surface area contributed by atoms with Gasteiger partial charge in [-0.3, -0.25) is 0 Å². The van der Waals surface area contributed by atoms with Crippen LogP contribution in [0.2, 0.25) is 0 Å². The largest absolute Gasteiger partial charge is 0.456 e. The maximum atomic E-state index is 8.49.